The van der Waals surface area contributed by atoms with Gasteiger partial charge in [-0.1, -0.05) is 12.1 Å². The van der Waals surface area contributed by atoms with Crippen molar-refractivity contribution in [2.24, 2.45) is 0 Å². The zero-order valence-corrected chi connectivity index (χ0v) is 13.0. The van der Waals surface area contributed by atoms with Gasteiger partial charge in [0.25, 0.3) is 0 Å². The fraction of sp³-hybridized carbons (Fsp3) is 0.529. The van der Waals surface area contributed by atoms with Gasteiger partial charge in [-0.3, -0.25) is 0 Å². The molecule has 2 N–H and O–H groups in total. The summed E-state index contributed by atoms with van der Waals surface area (Å²) in [7, 11) is 0. The molecule has 0 fully saturated rings. The molecule has 2 aromatic rings. The third kappa shape index (κ3) is 4.09. The lowest BCUT2D eigenvalue weighted by Crippen LogP contribution is -2.35. The smallest absolute Gasteiger partial charge is 0.0529 e. The second-order valence-electron chi connectivity index (χ2n) is 6.64. The molecule has 0 aliphatic rings. The van der Waals surface area contributed by atoms with Crippen molar-refractivity contribution in [2.45, 2.75) is 58.8 Å². The third-order valence-corrected chi connectivity index (χ3v) is 3.45. The van der Waals surface area contributed by atoms with Gasteiger partial charge in [-0.15, -0.1) is 0 Å². The van der Waals surface area contributed by atoms with Crippen LogP contribution in [0.15, 0.2) is 30.5 Å². The van der Waals surface area contributed by atoms with E-state index < -0.39 is 0 Å². The minimum Gasteiger partial charge on any atom is -0.393 e. The molecule has 20 heavy (non-hydrogen) atoms. The zero-order chi connectivity index (χ0) is 14.8. The molecule has 0 aliphatic heterocycles. The van der Waals surface area contributed by atoms with E-state index >= 15 is 0 Å². The summed E-state index contributed by atoms with van der Waals surface area (Å²) in [6, 6.07) is 8.74. The van der Waals surface area contributed by atoms with Crippen LogP contribution in [-0.4, -0.2) is 21.3 Å². The Kier molecular flexibility index (Phi) is 4.51. The number of hydrogen-bond donors (Lipinski definition) is 2. The molecule has 0 radical (unpaired) electrons. The Morgan fingerprint density at radius 3 is 2.65 bits per heavy atom. The molecule has 1 aromatic carbocycles. The minimum absolute atomic E-state index is 0.128. The van der Waals surface area contributed by atoms with E-state index in [9.17, 15) is 5.11 Å². The van der Waals surface area contributed by atoms with Gasteiger partial charge < -0.3 is 15.0 Å². The quantitative estimate of drug-likeness (QED) is 0.878. The molecule has 0 aliphatic carbocycles. The standard InChI is InChI=1S/C17H26N2O/c1-13(20)7-9-19-10-8-15-6-5-14(11-16(15)19)12-18-17(2,3)4/h5-6,8,10-11,13,18,20H,7,9,12H2,1-4H3. The number of aryl methyl sites for hydroxylation is 1. The van der Waals surface area contributed by atoms with Gasteiger partial charge in [0, 0.05) is 30.3 Å². The highest BCUT2D eigenvalue weighted by molar-refractivity contribution is 5.80. The highest BCUT2D eigenvalue weighted by Gasteiger charge is 2.09. The number of nitrogens with one attached hydrogen (secondary N) is 1. The minimum atomic E-state index is -0.252. The van der Waals surface area contributed by atoms with E-state index in [1.807, 2.05) is 6.92 Å². The predicted octanol–water partition coefficient (Wildman–Crippen LogP) is 3.30. The van der Waals surface area contributed by atoms with Gasteiger partial charge in [0.1, 0.15) is 0 Å². The number of fused-ring (bicyclic) bond motifs is 1. The van der Waals surface area contributed by atoms with Crippen molar-refractivity contribution >= 4 is 10.9 Å². The molecule has 0 saturated carbocycles. The summed E-state index contributed by atoms with van der Waals surface area (Å²) >= 11 is 0. The van der Waals surface area contributed by atoms with Gasteiger partial charge in [0.2, 0.25) is 0 Å². The Hall–Kier alpha value is -1.32. The van der Waals surface area contributed by atoms with Crippen LogP contribution in [-0.2, 0) is 13.1 Å². The second kappa shape index (κ2) is 5.98. The number of benzene rings is 1. The lowest BCUT2D eigenvalue weighted by molar-refractivity contribution is 0.178. The molecule has 0 spiro atoms. The first-order valence-corrected chi connectivity index (χ1v) is 7.36. The van der Waals surface area contributed by atoms with E-state index in [-0.39, 0.29) is 11.6 Å². The van der Waals surface area contributed by atoms with Crippen LogP contribution in [0.3, 0.4) is 0 Å². The van der Waals surface area contributed by atoms with E-state index in [0.29, 0.717) is 0 Å². The average Bonchev–Trinajstić information content (AvgIpc) is 2.75. The van der Waals surface area contributed by atoms with Crippen LogP contribution < -0.4 is 5.32 Å². The van der Waals surface area contributed by atoms with Crippen LogP contribution in [0.5, 0.6) is 0 Å². The molecule has 0 bridgehead atoms. The average molecular weight is 274 g/mol. The van der Waals surface area contributed by atoms with Crippen molar-refractivity contribution in [1.29, 1.82) is 0 Å². The Morgan fingerprint density at radius 2 is 2.00 bits per heavy atom. The summed E-state index contributed by atoms with van der Waals surface area (Å²) in [4.78, 5) is 0. The first-order chi connectivity index (χ1) is 9.35. The monoisotopic (exact) mass is 274 g/mol. The number of hydrogen-bond acceptors (Lipinski definition) is 2. The summed E-state index contributed by atoms with van der Waals surface area (Å²) in [5.74, 6) is 0. The molecule has 0 amide bonds. The SMILES string of the molecule is CC(O)CCn1ccc2ccc(CNC(C)(C)C)cc21. The van der Waals surface area contributed by atoms with E-state index in [2.05, 4.69) is 61.1 Å². The van der Waals surface area contributed by atoms with Crippen LogP contribution in [0.4, 0.5) is 0 Å². The lowest BCUT2D eigenvalue weighted by Gasteiger charge is -2.20. The molecule has 1 unspecified atom stereocenters. The van der Waals surface area contributed by atoms with Crippen LogP contribution in [0.2, 0.25) is 0 Å². The largest absolute Gasteiger partial charge is 0.393 e. The van der Waals surface area contributed by atoms with Gasteiger partial charge in [0.05, 0.1) is 6.10 Å². The van der Waals surface area contributed by atoms with Crippen molar-refractivity contribution in [3.8, 4) is 0 Å². The van der Waals surface area contributed by atoms with Gasteiger partial charge in [-0.25, -0.2) is 0 Å². The van der Waals surface area contributed by atoms with Crippen molar-refractivity contribution in [2.75, 3.05) is 0 Å². The Balaban J connectivity index is 2.16. The van der Waals surface area contributed by atoms with Crippen molar-refractivity contribution in [1.82, 2.24) is 9.88 Å². The Bertz CT molecular complexity index is 564. The van der Waals surface area contributed by atoms with Crippen molar-refractivity contribution in [3.63, 3.8) is 0 Å². The molecule has 110 valence electrons. The molecular weight excluding hydrogens is 248 g/mol. The lowest BCUT2D eigenvalue weighted by atomic mass is 10.1. The highest BCUT2D eigenvalue weighted by atomic mass is 16.3. The number of aromatic nitrogens is 1. The van der Waals surface area contributed by atoms with Crippen molar-refractivity contribution < 1.29 is 5.11 Å². The maximum absolute atomic E-state index is 9.43. The van der Waals surface area contributed by atoms with Gasteiger partial charge in [-0.05, 0) is 57.2 Å². The molecule has 3 heteroatoms. The van der Waals surface area contributed by atoms with Gasteiger partial charge >= 0.3 is 0 Å². The molecular formula is C17H26N2O. The van der Waals surface area contributed by atoms with Gasteiger partial charge in [-0.2, -0.15) is 0 Å². The molecule has 0 saturated heterocycles. The zero-order valence-electron chi connectivity index (χ0n) is 13.0. The molecule has 2 rings (SSSR count). The summed E-state index contributed by atoms with van der Waals surface area (Å²) in [5, 5.41) is 14.2. The van der Waals surface area contributed by atoms with E-state index in [4.69, 9.17) is 0 Å². The highest BCUT2D eigenvalue weighted by Crippen LogP contribution is 2.19. The van der Waals surface area contributed by atoms with Crippen LogP contribution in [0.1, 0.15) is 39.7 Å². The first kappa shape index (κ1) is 15.1. The summed E-state index contributed by atoms with van der Waals surface area (Å²) in [6.07, 6.45) is 2.64. The summed E-state index contributed by atoms with van der Waals surface area (Å²) in [5.41, 5.74) is 2.67. The second-order valence-corrected chi connectivity index (χ2v) is 6.64. The number of aliphatic hydroxyl groups is 1. The van der Waals surface area contributed by atoms with Crippen LogP contribution in [0.25, 0.3) is 10.9 Å². The molecule has 1 aromatic heterocycles. The maximum atomic E-state index is 9.43. The van der Waals surface area contributed by atoms with Crippen LogP contribution >= 0.6 is 0 Å². The molecule has 3 nitrogen and oxygen atoms in total. The molecule has 1 atom stereocenters. The fourth-order valence-electron chi connectivity index (χ4n) is 2.23. The fourth-order valence-corrected chi connectivity index (χ4v) is 2.23. The number of rotatable bonds is 5. The number of aliphatic hydroxyl groups excluding tert-OH is 1. The topological polar surface area (TPSA) is 37.2 Å². The third-order valence-electron chi connectivity index (χ3n) is 3.45. The predicted molar refractivity (Wildman–Crippen MR) is 84.8 cm³/mol. The Labute approximate surface area is 121 Å². The van der Waals surface area contributed by atoms with E-state index in [1.54, 1.807) is 0 Å². The van der Waals surface area contributed by atoms with Gasteiger partial charge in [0.15, 0.2) is 0 Å². The summed E-state index contributed by atoms with van der Waals surface area (Å²) in [6.45, 7) is 10.1. The van der Waals surface area contributed by atoms with Crippen LogP contribution in [0, 0.1) is 0 Å². The summed E-state index contributed by atoms with van der Waals surface area (Å²) < 4.78 is 2.22. The Morgan fingerprint density at radius 1 is 1.25 bits per heavy atom. The maximum Gasteiger partial charge on any atom is 0.0529 e. The molecule has 1 heterocycles. The van der Waals surface area contributed by atoms with Crippen molar-refractivity contribution in [3.05, 3.63) is 36.0 Å². The normalized spacial score (nSPS) is 13.8. The number of nitrogens with zero attached hydrogens (tertiary/aromatic N) is 1. The first-order valence-electron chi connectivity index (χ1n) is 7.36. The van der Waals surface area contributed by atoms with E-state index in [0.717, 1.165) is 19.5 Å². The van der Waals surface area contributed by atoms with E-state index in [1.165, 1.54) is 16.5 Å².